The zero-order valence-electron chi connectivity index (χ0n) is 19.6. The Morgan fingerprint density at radius 2 is 1.48 bits per heavy atom. The first-order valence-corrected chi connectivity index (χ1v) is 11.1. The Morgan fingerprint density at radius 1 is 0.879 bits per heavy atom. The molecule has 2 N–H and O–H groups in total. The Kier molecular flexibility index (Phi) is 8.44. The summed E-state index contributed by atoms with van der Waals surface area (Å²) in [7, 11) is 0. The first kappa shape index (κ1) is 26.1. The lowest BCUT2D eigenvalue weighted by molar-refractivity contribution is -0.113. The Morgan fingerprint density at radius 3 is 2.03 bits per heavy atom. The topological polar surface area (TPSA) is 93.7 Å². The van der Waals surface area contributed by atoms with Crippen LogP contribution in [0.1, 0.15) is 57.5 Å². The number of anilines is 1. The largest absolute Gasteiger partial charge is 0.456 e. The number of carbonyl (C=O) groups is 3. The second kappa shape index (κ2) is 10.7. The quantitative estimate of drug-likeness (QED) is 0.380. The summed E-state index contributed by atoms with van der Waals surface area (Å²) in [6, 6.07) is 13.6. The predicted molar refractivity (Wildman–Crippen MR) is 132 cm³/mol. The molecule has 0 aliphatic carbocycles. The van der Waals surface area contributed by atoms with Crippen LogP contribution >= 0.6 is 15.9 Å². The second-order valence-electron chi connectivity index (χ2n) is 9.27. The van der Waals surface area contributed by atoms with Crippen LogP contribution in [0.25, 0.3) is 6.08 Å². The molecule has 2 rings (SSSR count). The molecule has 0 saturated carbocycles. The average molecular weight is 517 g/mol. The zero-order chi connectivity index (χ0) is 24.8. The molecule has 0 radical (unpaired) electrons. The van der Waals surface area contributed by atoms with Gasteiger partial charge in [0.2, 0.25) is 0 Å². The van der Waals surface area contributed by atoms with Gasteiger partial charge in [-0.25, -0.2) is 9.59 Å². The lowest BCUT2D eigenvalue weighted by atomic mass is 10.1. The van der Waals surface area contributed by atoms with Crippen LogP contribution in [0.15, 0.2) is 58.7 Å². The molecule has 2 aromatic carbocycles. The van der Waals surface area contributed by atoms with E-state index in [-0.39, 0.29) is 5.70 Å². The van der Waals surface area contributed by atoms with E-state index in [2.05, 4.69) is 26.6 Å². The van der Waals surface area contributed by atoms with Gasteiger partial charge in [0.1, 0.15) is 16.9 Å². The number of rotatable bonds is 5. The van der Waals surface area contributed by atoms with Crippen molar-refractivity contribution in [1.82, 2.24) is 5.32 Å². The molecule has 2 amide bonds. The summed E-state index contributed by atoms with van der Waals surface area (Å²) in [6.45, 7) is 10.6. The Hall–Kier alpha value is -3.13. The van der Waals surface area contributed by atoms with Gasteiger partial charge in [-0.15, -0.1) is 0 Å². The SMILES string of the molecule is CC(C)(C)OC(=O)NC(=Cc1cccc(Br)c1)C(=O)Nc1ccc(C(=O)OC(C)(C)C)cc1. The van der Waals surface area contributed by atoms with Gasteiger partial charge in [0.25, 0.3) is 5.91 Å². The smallest absolute Gasteiger partial charge is 0.412 e. The molecular weight excluding hydrogens is 488 g/mol. The summed E-state index contributed by atoms with van der Waals surface area (Å²) in [5, 5.41) is 5.23. The number of alkyl carbamates (subject to hydrolysis) is 1. The van der Waals surface area contributed by atoms with Crippen molar-refractivity contribution in [3.8, 4) is 0 Å². The minimum Gasteiger partial charge on any atom is -0.456 e. The molecule has 0 spiro atoms. The maximum atomic E-state index is 13.0. The van der Waals surface area contributed by atoms with Gasteiger partial charge in [-0.05, 0) is 89.6 Å². The van der Waals surface area contributed by atoms with Crippen LogP contribution in [-0.4, -0.2) is 29.2 Å². The van der Waals surface area contributed by atoms with E-state index in [1.807, 2.05) is 12.1 Å². The van der Waals surface area contributed by atoms with Crippen LogP contribution in [0.2, 0.25) is 0 Å². The summed E-state index contributed by atoms with van der Waals surface area (Å²) in [5.74, 6) is -1.01. The minimum atomic E-state index is -0.751. The summed E-state index contributed by atoms with van der Waals surface area (Å²) >= 11 is 3.39. The van der Waals surface area contributed by atoms with E-state index in [0.717, 1.165) is 4.47 Å². The van der Waals surface area contributed by atoms with Crippen LogP contribution in [-0.2, 0) is 14.3 Å². The van der Waals surface area contributed by atoms with E-state index < -0.39 is 29.2 Å². The number of ether oxygens (including phenoxy) is 2. The maximum Gasteiger partial charge on any atom is 0.412 e. The van der Waals surface area contributed by atoms with Crippen molar-refractivity contribution in [2.75, 3.05) is 5.32 Å². The molecule has 0 bridgehead atoms. The number of benzene rings is 2. The van der Waals surface area contributed by atoms with Crippen LogP contribution in [0.5, 0.6) is 0 Å². The third-order valence-corrected chi connectivity index (χ3v) is 4.31. The molecule has 0 aromatic heterocycles. The van der Waals surface area contributed by atoms with Gasteiger partial charge in [0, 0.05) is 10.2 Å². The van der Waals surface area contributed by atoms with E-state index >= 15 is 0 Å². The lowest BCUT2D eigenvalue weighted by Gasteiger charge is -2.20. The van der Waals surface area contributed by atoms with Crippen LogP contribution in [0.3, 0.4) is 0 Å². The van der Waals surface area contributed by atoms with Gasteiger partial charge in [-0.2, -0.15) is 0 Å². The summed E-state index contributed by atoms with van der Waals surface area (Å²) in [5.41, 5.74) is 0.171. The van der Waals surface area contributed by atoms with Crippen molar-refractivity contribution in [2.45, 2.75) is 52.7 Å². The van der Waals surface area contributed by atoms with E-state index in [1.165, 1.54) is 0 Å². The summed E-state index contributed by atoms with van der Waals surface area (Å²) in [6.07, 6.45) is 0.790. The normalized spacial score (nSPS) is 12.0. The highest BCUT2D eigenvalue weighted by atomic mass is 79.9. The molecule has 33 heavy (non-hydrogen) atoms. The molecule has 0 heterocycles. The molecule has 8 heteroatoms. The molecule has 0 fully saturated rings. The molecule has 2 aromatic rings. The number of hydrogen-bond donors (Lipinski definition) is 2. The predicted octanol–water partition coefficient (Wildman–Crippen LogP) is 5.91. The molecule has 176 valence electrons. The highest BCUT2D eigenvalue weighted by Gasteiger charge is 2.21. The van der Waals surface area contributed by atoms with Crippen LogP contribution in [0.4, 0.5) is 10.5 Å². The van der Waals surface area contributed by atoms with E-state index in [9.17, 15) is 14.4 Å². The van der Waals surface area contributed by atoms with Crippen molar-refractivity contribution in [3.63, 3.8) is 0 Å². The molecule has 0 saturated heterocycles. The average Bonchev–Trinajstić information content (AvgIpc) is 2.65. The van der Waals surface area contributed by atoms with Crippen LogP contribution in [0, 0.1) is 0 Å². The number of esters is 1. The molecule has 0 aliphatic rings. The van der Waals surface area contributed by atoms with E-state index in [0.29, 0.717) is 16.8 Å². The van der Waals surface area contributed by atoms with E-state index in [4.69, 9.17) is 9.47 Å². The van der Waals surface area contributed by atoms with Crippen molar-refractivity contribution < 1.29 is 23.9 Å². The van der Waals surface area contributed by atoms with Gasteiger partial charge < -0.3 is 14.8 Å². The van der Waals surface area contributed by atoms with E-state index in [1.54, 1.807) is 84.0 Å². The van der Waals surface area contributed by atoms with Gasteiger partial charge in [-0.3, -0.25) is 10.1 Å². The highest BCUT2D eigenvalue weighted by molar-refractivity contribution is 9.10. The fourth-order valence-corrected chi connectivity index (χ4v) is 2.98. The zero-order valence-corrected chi connectivity index (χ0v) is 21.2. The van der Waals surface area contributed by atoms with Crippen molar-refractivity contribution in [1.29, 1.82) is 0 Å². The van der Waals surface area contributed by atoms with Gasteiger partial charge in [-0.1, -0.05) is 28.1 Å². The number of carbonyl (C=O) groups excluding carboxylic acids is 3. The monoisotopic (exact) mass is 516 g/mol. The minimum absolute atomic E-state index is 0.00133. The standard InChI is InChI=1S/C25H29BrN2O5/c1-24(2,3)32-22(30)17-10-12-19(13-11-17)27-21(29)20(28-23(31)33-25(4,5)6)15-16-8-7-9-18(26)14-16/h7-15H,1-6H3,(H,27,29)(H,28,31). The van der Waals surface area contributed by atoms with Crippen molar-refractivity contribution in [2.24, 2.45) is 0 Å². The Balaban J connectivity index is 2.22. The molecule has 0 atom stereocenters. The molecular formula is C25H29BrN2O5. The molecule has 7 nitrogen and oxygen atoms in total. The fraction of sp³-hybridized carbons (Fsp3) is 0.320. The third-order valence-electron chi connectivity index (χ3n) is 3.82. The first-order valence-electron chi connectivity index (χ1n) is 10.3. The summed E-state index contributed by atoms with van der Waals surface area (Å²) < 4.78 is 11.4. The van der Waals surface area contributed by atoms with Crippen molar-refractivity contribution >= 4 is 45.7 Å². The maximum absolute atomic E-state index is 13.0. The number of nitrogens with one attached hydrogen (secondary N) is 2. The summed E-state index contributed by atoms with van der Waals surface area (Å²) in [4.78, 5) is 37.4. The number of amides is 2. The first-order chi connectivity index (χ1) is 15.2. The Labute approximate surface area is 202 Å². The van der Waals surface area contributed by atoms with Crippen LogP contribution < -0.4 is 10.6 Å². The highest BCUT2D eigenvalue weighted by Crippen LogP contribution is 2.18. The lowest BCUT2D eigenvalue weighted by Crippen LogP contribution is -2.35. The van der Waals surface area contributed by atoms with Gasteiger partial charge in [0.05, 0.1) is 5.56 Å². The molecule has 0 unspecified atom stereocenters. The van der Waals surface area contributed by atoms with Gasteiger partial charge in [0.15, 0.2) is 0 Å². The van der Waals surface area contributed by atoms with Gasteiger partial charge >= 0.3 is 12.1 Å². The number of hydrogen-bond acceptors (Lipinski definition) is 5. The second-order valence-corrected chi connectivity index (χ2v) is 10.2. The van der Waals surface area contributed by atoms with Crippen molar-refractivity contribution in [3.05, 3.63) is 69.8 Å². The Bertz CT molecular complexity index is 1050. The third kappa shape index (κ3) is 9.49. The number of halogens is 1. The fourth-order valence-electron chi connectivity index (χ4n) is 2.56. The molecule has 0 aliphatic heterocycles.